The number of carboxylic acids is 1. The van der Waals surface area contributed by atoms with Crippen molar-refractivity contribution in [3.05, 3.63) is 23.4 Å². The maximum absolute atomic E-state index is 11.0. The lowest BCUT2D eigenvalue weighted by Gasteiger charge is -2.29. The van der Waals surface area contributed by atoms with Gasteiger partial charge in [0.1, 0.15) is 5.82 Å². The summed E-state index contributed by atoms with van der Waals surface area (Å²) in [5.74, 6) is -0.363. The molecule has 0 spiro atoms. The highest BCUT2D eigenvalue weighted by molar-refractivity contribution is 5.88. The highest BCUT2D eigenvalue weighted by Crippen LogP contribution is 2.31. The average Bonchev–Trinajstić information content (AvgIpc) is 2.74. The van der Waals surface area contributed by atoms with Crippen LogP contribution in [0.1, 0.15) is 41.7 Å². The number of carboxylic acid groups (broad SMARTS) is 1. The lowest BCUT2D eigenvalue weighted by molar-refractivity contribution is 0.0558. The van der Waals surface area contributed by atoms with Crippen LogP contribution in [0.3, 0.4) is 0 Å². The molecule has 1 aromatic heterocycles. The number of hydrogen-bond donors (Lipinski definition) is 2. The van der Waals surface area contributed by atoms with Gasteiger partial charge in [-0.15, -0.1) is 0 Å². The second-order valence-electron chi connectivity index (χ2n) is 5.45. The molecule has 5 nitrogen and oxygen atoms in total. The number of rotatable bonds is 4. The molecule has 1 aliphatic rings. The Morgan fingerprint density at radius 2 is 2.05 bits per heavy atom. The minimum absolute atomic E-state index is 0.229. The highest BCUT2D eigenvalue weighted by Gasteiger charge is 2.32. The Morgan fingerprint density at radius 1 is 1.42 bits per heavy atom. The number of pyridine rings is 1. The molecule has 0 aliphatic heterocycles. The molecule has 0 atom stereocenters. The summed E-state index contributed by atoms with van der Waals surface area (Å²) in [7, 11) is 1.84. The molecule has 0 amide bonds. The van der Waals surface area contributed by atoms with Gasteiger partial charge in [0.15, 0.2) is 0 Å². The van der Waals surface area contributed by atoms with Crippen LogP contribution in [0.5, 0.6) is 0 Å². The number of aryl methyl sites for hydroxylation is 1. The van der Waals surface area contributed by atoms with Crippen molar-refractivity contribution in [2.45, 2.75) is 38.2 Å². The molecular formula is C14H20N2O3. The van der Waals surface area contributed by atoms with E-state index in [1.807, 2.05) is 11.9 Å². The zero-order valence-electron chi connectivity index (χ0n) is 11.4. The number of anilines is 1. The van der Waals surface area contributed by atoms with Crippen LogP contribution >= 0.6 is 0 Å². The molecule has 1 heterocycles. The fraction of sp³-hybridized carbons (Fsp3) is 0.571. The van der Waals surface area contributed by atoms with E-state index in [0.717, 1.165) is 25.7 Å². The van der Waals surface area contributed by atoms with E-state index in [0.29, 0.717) is 18.1 Å². The molecule has 2 N–H and O–H groups in total. The monoisotopic (exact) mass is 264 g/mol. The van der Waals surface area contributed by atoms with E-state index in [4.69, 9.17) is 5.11 Å². The molecule has 1 aliphatic carbocycles. The summed E-state index contributed by atoms with van der Waals surface area (Å²) in [6.07, 6.45) is 3.70. The minimum Gasteiger partial charge on any atom is -0.478 e. The third kappa shape index (κ3) is 3.23. The van der Waals surface area contributed by atoms with Gasteiger partial charge in [-0.1, -0.05) is 12.8 Å². The molecule has 0 unspecified atom stereocenters. The fourth-order valence-corrected chi connectivity index (χ4v) is 2.68. The smallest absolute Gasteiger partial charge is 0.335 e. The quantitative estimate of drug-likeness (QED) is 0.868. The minimum atomic E-state index is -0.959. The molecule has 104 valence electrons. The Kier molecular flexibility index (Phi) is 3.75. The van der Waals surface area contributed by atoms with Gasteiger partial charge in [0, 0.05) is 19.3 Å². The molecule has 0 aromatic carbocycles. The zero-order valence-corrected chi connectivity index (χ0v) is 11.4. The molecule has 0 radical (unpaired) electrons. The third-order valence-electron chi connectivity index (χ3n) is 3.64. The predicted molar refractivity (Wildman–Crippen MR) is 72.6 cm³/mol. The van der Waals surface area contributed by atoms with Crippen LogP contribution < -0.4 is 4.90 Å². The van der Waals surface area contributed by atoms with Crippen molar-refractivity contribution in [1.82, 2.24) is 4.98 Å². The van der Waals surface area contributed by atoms with Crippen molar-refractivity contribution in [2.75, 3.05) is 18.5 Å². The standard InChI is InChI=1S/C14H20N2O3/c1-10-7-11(13(17)18)8-12(15-10)16(2)9-14(19)5-3-4-6-14/h7-8,19H,3-6,9H2,1-2H3,(H,17,18). The van der Waals surface area contributed by atoms with E-state index in [2.05, 4.69) is 4.98 Å². The second kappa shape index (κ2) is 5.17. The Hall–Kier alpha value is -1.62. The van der Waals surface area contributed by atoms with Crippen molar-refractivity contribution in [1.29, 1.82) is 0 Å². The van der Waals surface area contributed by atoms with E-state index >= 15 is 0 Å². The molecular weight excluding hydrogens is 244 g/mol. The summed E-state index contributed by atoms with van der Waals surface area (Å²) < 4.78 is 0. The van der Waals surface area contributed by atoms with Crippen molar-refractivity contribution in [3.8, 4) is 0 Å². The van der Waals surface area contributed by atoms with Crippen molar-refractivity contribution < 1.29 is 15.0 Å². The van der Waals surface area contributed by atoms with Gasteiger partial charge < -0.3 is 15.1 Å². The highest BCUT2D eigenvalue weighted by atomic mass is 16.4. The lowest BCUT2D eigenvalue weighted by Crippen LogP contribution is -2.39. The molecule has 1 aromatic rings. The Bertz CT molecular complexity index is 482. The van der Waals surface area contributed by atoms with E-state index < -0.39 is 11.6 Å². The van der Waals surface area contributed by atoms with Gasteiger partial charge in [-0.25, -0.2) is 9.78 Å². The van der Waals surface area contributed by atoms with Crippen molar-refractivity contribution in [2.24, 2.45) is 0 Å². The van der Waals surface area contributed by atoms with Crippen molar-refractivity contribution >= 4 is 11.8 Å². The van der Waals surface area contributed by atoms with E-state index in [1.54, 1.807) is 19.1 Å². The van der Waals surface area contributed by atoms with Crippen LogP contribution in [0.4, 0.5) is 5.82 Å². The average molecular weight is 264 g/mol. The van der Waals surface area contributed by atoms with Crippen LogP contribution in [0, 0.1) is 6.92 Å². The summed E-state index contributed by atoms with van der Waals surface area (Å²) in [6.45, 7) is 2.26. The predicted octanol–water partition coefficient (Wildman–Crippen LogP) is 1.83. The van der Waals surface area contributed by atoms with Crippen LogP contribution in [0.15, 0.2) is 12.1 Å². The largest absolute Gasteiger partial charge is 0.478 e. The van der Waals surface area contributed by atoms with Gasteiger partial charge in [0.25, 0.3) is 0 Å². The number of hydrogen-bond acceptors (Lipinski definition) is 4. The summed E-state index contributed by atoms with van der Waals surface area (Å²) in [4.78, 5) is 17.2. The van der Waals surface area contributed by atoms with E-state index in [-0.39, 0.29) is 5.56 Å². The number of likely N-dealkylation sites (N-methyl/N-ethyl adjacent to an activating group) is 1. The van der Waals surface area contributed by atoms with Gasteiger partial charge in [-0.3, -0.25) is 0 Å². The number of aromatic carboxylic acids is 1. The van der Waals surface area contributed by atoms with E-state index in [1.165, 1.54) is 0 Å². The van der Waals surface area contributed by atoms with Gasteiger partial charge in [-0.2, -0.15) is 0 Å². The molecule has 19 heavy (non-hydrogen) atoms. The first kappa shape index (κ1) is 13.8. The molecule has 0 bridgehead atoms. The van der Waals surface area contributed by atoms with Gasteiger partial charge in [-0.05, 0) is 31.9 Å². The van der Waals surface area contributed by atoms with Crippen LogP contribution in [0.2, 0.25) is 0 Å². The van der Waals surface area contributed by atoms with Crippen LogP contribution in [-0.4, -0.2) is 40.4 Å². The fourth-order valence-electron chi connectivity index (χ4n) is 2.68. The summed E-state index contributed by atoms with van der Waals surface area (Å²) >= 11 is 0. The molecule has 0 saturated heterocycles. The van der Waals surface area contributed by atoms with Gasteiger partial charge >= 0.3 is 5.97 Å². The third-order valence-corrected chi connectivity index (χ3v) is 3.64. The van der Waals surface area contributed by atoms with Crippen LogP contribution in [-0.2, 0) is 0 Å². The molecule has 5 heteroatoms. The van der Waals surface area contributed by atoms with Crippen molar-refractivity contribution in [3.63, 3.8) is 0 Å². The Labute approximate surface area is 112 Å². The summed E-state index contributed by atoms with van der Waals surface area (Å²) in [5, 5.41) is 19.4. The lowest BCUT2D eigenvalue weighted by atomic mass is 10.0. The second-order valence-corrected chi connectivity index (χ2v) is 5.45. The number of carbonyl (C=O) groups is 1. The number of aromatic nitrogens is 1. The first-order valence-corrected chi connectivity index (χ1v) is 6.55. The summed E-state index contributed by atoms with van der Waals surface area (Å²) in [6, 6.07) is 3.09. The molecule has 2 rings (SSSR count). The first-order valence-electron chi connectivity index (χ1n) is 6.55. The van der Waals surface area contributed by atoms with Crippen LogP contribution in [0.25, 0.3) is 0 Å². The SMILES string of the molecule is Cc1cc(C(=O)O)cc(N(C)CC2(O)CCCC2)n1. The maximum atomic E-state index is 11.0. The summed E-state index contributed by atoms with van der Waals surface area (Å²) in [5.41, 5.74) is 0.233. The van der Waals surface area contributed by atoms with E-state index in [9.17, 15) is 9.90 Å². The van der Waals surface area contributed by atoms with Gasteiger partial charge in [0.2, 0.25) is 0 Å². The maximum Gasteiger partial charge on any atom is 0.335 e. The molecule has 1 fully saturated rings. The van der Waals surface area contributed by atoms with Gasteiger partial charge in [0.05, 0.1) is 11.2 Å². The number of nitrogens with zero attached hydrogens (tertiary/aromatic N) is 2. The Balaban J connectivity index is 2.18. The molecule has 1 saturated carbocycles. The first-order chi connectivity index (χ1) is 8.89. The number of aliphatic hydroxyl groups is 1. The normalized spacial score (nSPS) is 17.4. The Morgan fingerprint density at radius 3 is 2.63 bits per heavy atom. The zero-order chi connectivity index (χ0) is 14.0. The topological polar surface area (TPSA) is 73.7 Å².